The molecule has 0 spiro atoms. The van der Waals surface area contributed by atoms with E-state index in [1.807, 2.05) is 0 Å². The van der Waals surface area contributed by atoms with E-state index in [0.717, 1.165) is 19.6 Å². The number of thiazole rings is 1. The van der Waals surface area contributed by atoms with Crippen LogP contribution < -0.4 is 5.32 Å². The first-order valence-electron chi connectivity index (χ1n) is 7.13. The van der Waals surface area contributed by atoms with Crippen molar-refractivity contribution in [2.24, 2.45) is 0 Å². The van der Waals surface area contributed by atoms with Crippen molar-refractivity contribution in [3.63, 3.8) is 0 Å². The second-order valence-electron chi connectivity index (χ2n) is 5.15. The van der Waals surface area contributed by atoms with Crippen LogP contribution in [-0.2, 0) is 17.7 Å². The van der Waals surface area contributed by atoms with Gasteiger partial charge in [-0.05, 0) is 18.4 Å². The van der Waals surface area contributed by atoms with Crippen molar-refractivity contribution in [1.82, 2.24) is 10.3 Å². The summed E-state index contributed by atoms with van der Waals surface area (Å²) in [5, 5.41) is 4.73. The van der Waals surface area contributed by atoms with E-state index in [0.29, 0.717) is 6.04 Å². The molecule has 0 amide bonds. The van der Waals surface area contributed by atoms with Crippen LogP contribution in [-0.4, -0.2) is 24.7 Å². The highest BCUT2D eigenvalue weighted by atomic mass is 32.1. The number of rotatable bonds is 7. The lowest BCUT2D eigenvalue weighted by molar-refractivity contribution is 0.202. The second kappa shape index (κ2) is 6.48. The van der Waals surface area contributed by atoms with Crippen molar-refractivity contribution in [1.29, 1.82) is 0 Å². The first-order valence-corrected chi connectivity index (χ1v) is 7.95. The molecule has 3 nitrogen and oxygen atoms in total. The van der Waals surface area contributed by atoms with Gasteiger partial charge in [-0.25, -0.2) is 4.98 Å². The average molecular weight is 288 g/mol. The third-order valence-corrected chi connectivity index (χ3v) is 4.64. The molecule has 3 rings (SSSR count). The molecule has 1 aliphatic carbocycles. The van der Waals surface area contributed by atoms with E-state index in [2.05, 4.69) is 35.6 Å². The number of hydrogen-bond acceptors (Lipinski definition) is 4. The Morgan fingerprint density at radius 2 is 2.10 bits per heavy atom. The smallest absolute Gasteiger partial charge is 0.0958 e. The zero-order valence-electron chi connectivity index (χ0n) is 11.8. The predicted molar refractivity (Wildman–Crippen MR) is 83.0 cm³/mol. The van der Waals surface area contributed by atoms with Gasteiger partial charge in [0.2, 0.25) is 0 Å². The van der Waals surface area contributed by atoms with Crippen LogP contribution in [0, 0.1) is 0 Å². The van der Waals surface area contributed by atoms with Crippen LogP contribution in [0.1, 0.15) is 23.5 Å². The fourth-order valence-electron chi connectivity index (χ4n) is 2.16. The van der Waals surface area contributed by atoms with Crippen molar-refractivity contribution in [3.8, 4) is 10.4 Å². The lowest BCUT2D eigenvalue weighted by Gasteiger charge is -2.03. The Morgan fingerprint density at radius 1 is 1.30 bits per heavy atom. The summed E-state index contributed by atoms with van der Waals surface area (Å²) in [6, 6.07) is 11.3. The maximum atomic E-state index is 5.16. The molecule has 1 heterocycles. The molecular weight excluding hydrogens is 268 g/mol. The normalized spacial score (nSPS) is 14.7. The fraction of sp³-hybridized carbons (Fsp3) is 0.438. The zero-order valence-corrected chi connectivity index (χ0v) is 12.6. The van der Waals surface area contributed by atoms with Gasteiger partial charge in [0, 0.05) is 26.1 Å². The highest BCUT2D eigenvalue weighted by Crippen LogP contribution is 2.31. The molecule has 0 saturated heterocycles. The lowest BCUT2D eigenvalue weighted by atomic mass is 10.1. The first-order chi connectivity index (χ1) is 9.86. The Kier molecular flexibility index (Phi) is 4.45. The van der Waals surface area contributed by atoms with Gasteiger partial charge in [-0.15, -0.1) is 11.3 Å². The Bertz CT molecular complexity index is 549. The third-order valence-electron chi connectivity index (χ3n) is 3.43. The maximum absolute atomic E-state index is 5.16. The van der Waals surface area contributed by atoms with Gasteiger partial charge < -0.3 is 10.1 Å². The molecule has 0 radical (unpaired) electrons. The summed E-state index contributed by atoms with van der Waals surface area (Å²) < 4.78 is 5.16. The Morgan fingerprint density at radius 3 is 2.80 bits per heavy atom. The molecule has 1 aromatic carbocycles. The summed E-state index contributed by atoms with van der Waals surface area (Å²) in [6.07, 6.45) is 3.51. The topological polar surface area (TPSA) is 34.1 Å². The van der Waals surface area contributed by atoms with Gasteiger partial charge in [-0.1, -0.05) is 30.3 Å². The van der Waals surface area contributed by atoms with Gasteiger partial charge in [0.25, 0.3) is 0 Å². The highest BCUT2D eigenvalue weighted by Gasteiger charge is 2.22. The number of methoxy groups -OCH3 is 1. The molecular formula is C16H20N2OS. The first kappa shape index (κ1) is 13.7. The largest absolute Gasteiger partial charge is 0.384 e. The van der Waals surface area contributed by atoms with Crippen molar-refractivity contribution < 1.29 is 4.74 Å². The molecule has 1 fully saturated rings. The van der Waals surface area contributed by atoms with Crippen molar-refractivity contribution >= 4 is 11.3 Å². The predicted octanol–water partition coefficient (Wildman–Crippen LogP) is 3.25. The van der Waals surface area contributed by atoms with Crippen LogP contribution in [0.2, 0.25) is 0 Å². The summed E-state index contributed by atoms with van der Waals surface area (Å²) in [4.78, 5) is 6.10. The minimum atomic E-state index is 0.711. The quantitative estimate of drug-likeness (QED) is 0.849. The van der Waals surface area contributed by atoms with E-state index >= 15 is 0 Å². The summed E-state index contributed by atoms with van der Waals surface area (Å²) >= 11 is 1.79. The summed E-state index contributed by atoms with van der Waals surface area (Å²) in [5.74, 6) is 0. The van der Waals surface area contributed by atoms with Gasteiger partial charge in [0.1, 0.15) is 0 Å². The van der Waals surface area contributed by atoms with Crippen LogP contribution >= 0.6 is 11.3 Å². The highest BCUT2D eigenvalue weighted by molar-refractivity contribution is 7.15. The van der Waals surface area contributed by atoms with Gasteiger partial charge in [-0.2, -0.15) is 0 Å². The van der Waals surface area contributed by atoms with Gasteiger partial charge >= 0.3 is 0 Å². The number of nitrogens with zero attached hydrogens (tertiary/aromatic N) is 1. The zero-order chi connectivity index (χ0) is 13.8. The van der Waals surface area contributed by atoms with Crippen LogP contribution in [0.25, 0.3) is 10.4 Å². The van der Waals surface area contributed by atoms with Crippen LogP contribution in [0.15, 0.2) is 30.3 Å². The molecule has 0 aliphatic heterocycles. The number of hydrogen-bond donors (Lipinski definition) is 1. The Hall–Kier alpha value is -1.23. The molecule has 1 saturated carbocycles. The van der Waals surface area contributed by atoms with Gasteiger partial charge in [-0.3, -0.25) is 0 Å². The van der Waals surface area contributed by atoms with E-state index in [4.69, 9.17) is 9.72 Å². The van der Waals surface area contributed by atoms with Gasteiger partial charge in [0.15, 0.2) is 0 Å². The van der Waals surface area contributed by atoms with E-state index < -0.39 is 0 Å². The van der Waals surface area contributed by atoms with Crippen molar-refractivity contribution in [2.45, 2.75) is 31.8 Å². The lowest BCUT2D eigenvalue weighted by Crippen LogP contribution is -2.16. The molecule has 0 unspecified atom stereocenters. The third kappa shape index (κ3) is 3.45. The van der Waals surface area contributed by atoms with Crippen molar-refractivity contribution in [3.05, 3.63) is 41.0 Å². The van der Waals surface area contributed by atoms with Crippen LogP contribution in [0.3, 0.4) is 0 Å². The molecule has 1 N–H and O–H groups in total. The SMILES string of the molecule is COCCc1nc(CNC2CC2)c(-c2ccccc2)s1. The minimum Gasteiger partial charge on any atom is -0.384 e. The standard InChI is InChI=1S/C16H20N2OS/c1-19-10-9-15-18-14(11-17-13-7-8-13)16(20-15)12-5-3-2-4-6-12/h2-6,13,17H,7-11H2,1H3. The molecule has 2 aromatic rings. The fourth-order valence-corrected chi connectivity index (χ4v) is 3.23. The summed E-state index contributed by atoms with van der Waals surface area (Å²) in [5.41, 5.74) is 2.44. The molecule has 20 heavy (non-hydrogen) atoms. The molecule has 1 aromatic heterocycles. The summed E-state index contributed by atoms with van der Waals surface area (Å²) in [7, 11) is 1.74. The second-order valence-corrected chi connectivity index (χ2v) is 6.23. The number of aromatic nitrogens is 1. The molecule has 106 valence electrons. The minimum absolute atomic E-state index is 0.711. The van der Waals surface area contributed by atoms with E-state index in [9.17, 15) is 0 Å². The average Bonchev–Trinajstić information content (AvgIpc) is 3.23. The molecule has 1 aliphatic rings. The summed E-state index contributed by atoms with van der Waals surface area (Å²) in [6.45, 7) is 1.61. The molecule has 0 bridgehead atoms. The molecule has 0 atom stereocenters. The van der Waals surface area contributed by atoms with Gasteiger partial charge in [0.05, 0.1) is 22.2 Å². The maximum Gasteiger partial charge on any atom is 0.0958 e. The van der Waals surface area contributed by atoms with E-state index in [-0.39, 0.29) is 0 Å². The number of benzene rings is 1. The number of ether oxygens (including phenoxy) is 1. The van der Waals surface area contributed by atoms with Crippen molar-refractivity contribution in [2.75, 3.05) is 13.7 Å². The van der Waals surface area contributed by atoms with Crippen LogP contribution in [0.5, 0.6) is 0 Å². The Balaban J connectivity index is 1.82. The Labute approximate surface area is 124 Å². The monoisotopic (exact) mass is 288 g/mol. The number of nitrogens with one attached hydrogen (secondary N) is 1. The van der Waals surface area contributed by atoms with Crippen LogP contribution in [0.4, 0.5) is 0 Å². The molecule has 4 heteroatoms. The van der Waals surface area contributed by atoms with E-state index in [1.165, 1.54) is 34.0 Å². The van der Waals surface area contributed by atoms with E-state index in [1.54, 1.807) is 18.4 Å².